The Morgan fingerprint density at radius 3 is 2.65 bits per heavy atom. The number of carbonyl (C=O) groups excluding carboxylic acids is 2. The predicted octanol–water partition coefficient (Wildman–Crippen LogP) is 3.25. The second kappa shape index (κ2) is 8.70. The normalized spacial score (nSPS) is 11.0. The molecule has 0 aliphatic rings. The van der Waals surface area contributed by atoms with Crippen molar-refractivity contribution in [3.05, 3.63) is 101 Å². The molecule has 2 N–H and O–H groups in total. The predicted molar refractivity (Wildman–Crippen MR) is 126 cm³/mol. The molecule has 9 nitrogen and oxygen atoms in total. The number of amides is 2. The van der Waals surface area contributed by atoms with E-state index in [0.29, 0.717) is 28.3 Å². The van der Waals surface area contributed by atoms with Crippen LogP contribution < -0.4 is 15.6 Å². The van der Waals surface area contributed by atoms with Crippen LogP contribution in [0.2, 0.25) is 0 Å². The fourth-order valence-electron chi connectivity index (χ4n) is 3.79. The SMILES string of the molecule is Cc1nc2ccccn2c1C(=O)NNC(=O)c1cccc(OCc2cn3cccc(C)c3n2)c1. The monoisotopic (exact) mass is 454 g/mol. The Morgan fingerprint density at radius 2 is 1.79 bits per heavy atom. The summed E-state index contributed by atoms with van der Waals surface area (Å²) >= 11 is 0. The topological polar surface area (TPSA) is 102 Å². The van der Waals surface area contributed by atoms with Gasteiger partial charge < -0.3 is 9.14 Å². The summed E-state index contributed by atoms with van der Waals surface area (Å²) in [5.41, 5.74) is 9.57. The van der Waals surface area contributed by atoms with Gasteiger partial charge in [-0.3, -0.25) is 24.8 Å². The zero-order valence-corrected chi connectivity index (χ0v) is 18.6. The van der Waals surface area contributed by atoms with E-state index in [4.69, 9.17) is 4.74 Å². The van der Waals surface area contributed by atoms with Crippen LogP contribution in [0.4, 0.5) is 0 Å². The number of hydrogen-bond donors (Lipinski definition) is 2. The Balaban J connectivity index is 1.23. The summed E-state index contributed by atoms with van der Waals surface area (Å²) in [7, 11) is 0. The molecule has 34 heavy (non-hydrogen) atoms. The number of carbonyl (C=O) groups is 2. The summed E-state index contributed by atoms with van der Waals surface area (Å²) in [6, 6.07) is 16.2. The molecule has 5 aromatic rings. The fourth-order valence-corrected chi connectivity index (χ4v) is 3.79. The van der Waals surface area contributed by atoms with Crippen molar-refractivity contribution in [1.82, 2.24) is 29.6 Å². The number of nitrogens with zero attached hydrogens (tertiary/aromatic N) is 4. The van der Waals surface area contributed by atoms with Crippen LogP contribution in [-0.4, -0.2) is 30.6 Å². The molecule has 0 unspecified atom stereocenters. The maximum Gasteiger partial charge on any atom is 0.288 e. The largest absolute Gasteiger partial charge is 0.487 e. The first kappa shape index (κ1) is 21.2. The Bertz CT molecular complexity index is 1530. The molecule has 0 fully saturated rings. The number of pyridine rings is 2. The molecule has 4 heterocycles. The first-order valence-corrected chi connectivity index (χ1v) is 10.7. The van der Waals surface area contributed by atoms with Crippen molar-refractivity contribution in [2.75, 3.05) is 0 Å². The average molecular weight is 454 g/mol. The molecule has 0 bridgehead atoms. The second-order valence-corrected chi connectivity index (χ2v) is 7.85. The Morgan fingerprint density at radius 1 is 0.941 bits per heavy atom. The molecule has 0 saturated carbocycles. The third-order valence-corrected chi connectivity index (χ3v) is 5.42. The molecule has 0 radical (unpaired) electrons. The van der Waals surface area contributed by atoms with Crippen LogP contribution in [0.3, 0.4) is 0 Å². The Labute approximate surface area is 195 Å². The summed E-state index contributed by atoms with van der Waals surface area (Å²) in [5, 5.41) is 0. The molecule has 0 atom stereocenters. The summed E-state index contributed by atoms with van der Waals surface area (Å²) in [6.07, 6.45) is 5.60. The number of benzene rings is 1. The molecule has 2 amide bonds. The number of ether oxygens (including phenoxy) is 1. The van der Waals surface area contributed by atoms with Crippen molar-refractivity contribution in [1.29, 1.82) is 0 Å². The number of hydrazine groups is 1. The molecule has 0 spiro atoms. The molecule has 9 heteroatoms. The van der Waals surface area contributed by atoms with Crippen LogP contribution in [-0.2, 0) is 6.61 Å². The summed E-state index contributed by atoms with van der Waals surface area (Å²) < 4.78 is 9.47. The van der Waals surface area contributed by atoms with Crippen molar-refractivity contribution in [2.24, 2.45) is 0 Å². The van der Waals surface area contributed by atoms with Gasteiger partial charge >= 0.3 is 0 Å². The average Bonchev–Trinajstić information content (AvgIpc) is 3.42. The minimum atomic E-state index is -0.464. The third kappa shape index (κ3) is 4.06. The van der Waals surface area contributed by atoms with E-state index >= 15 is 0 Å². The summed E-state index contributed by atoms with van der Waals surface area (Å²) in [5.74, 6) is -0.405. The molecule has 0 aliphatic carbocycles. The lowest BCUT2D eigenvalue weighted by Crippen LogP contribution is -2.42. The summed E-state index contributed by atoms with van der Waals surface area (Å²) in [4.78, 5) is 34.3. The molecule has 5 rings (SSSR count). The lowest BCUT2D eigenvalue weighted by Gasteiger charge is -2.09. The van der Waals surface area contributed by atoms with E-state index in [0.717, 1.165) is 16.9 Å². The lowest BCUT2D eigenvalue weighted by molar-refractivity contribution is 0.0843. The smallest absolute Gasteiger partial charge is 0.288 e. The number of imidazole rings is 2. The van der Waals surface area contributed by atoms with Gasteiger partial charge in [-0.05, 0) is 55.8 Å². The lowest BCUT2D eigenvalue weighted by atomic mass is 10.2. The minimum Gasteiger partial charge on any atom is -0.487 e. The summed E-state index contributed by atoms with van der Waals surface area (Å²) in [6.45, 7) is 4.01. The van der Waals surface area contributed by atoms with E-state index < -0.39 is 11.8 Å². The number of aromatic nitrogens is 4. The van der Waals surface area contributed by atoms with E-state index in [1.54, 1.807) is 47.9 Å². The highest BCUT2D eigenvalue weighted by Crippen LogP contribution is 2.17. The van der Waals surface area contributed by atoms with Crippen molar-refractivity contribution >= 4 is 23.1 Å². The van der Waals surface area contributed by atoms with Gasteiger partial charge in [0.1, 0.15) is 29.3 Å². The molecule has 4 aromatic heterocycles. The fraction of sp³-hybridized carbons (Fsp3) is 0.120. The Hall–Kier alpha value is -4.66. The van der Waals surface area contributed by atoms with Gasteiger partial charge in [-0.1, -0.05) is 18.2 Å². The van der Waals surface area contributed by atoms with E-state index in [-0.39, 0.29) is 6.61 Å². The van der Waals surface area contributed by atoms with Crippen LogP contribution in [0.1, 0.15) is 37.8 Å². The van der Waals surface area contributed by atoms with Crippen molar-refractivity contribution < 1.29 is 14.3 Å². The van der Waals surface area contributed by atoms with Crippen LogP contribution in [0.15, 0.2) is 73.2 Å². The maximum atomic E-state index is 12.7. The van der Waals surface area contributed by atoms with Crippen molar-refractivity contribution in [2.45, 2.75) is 20.5 Å². The van der Waals surface area contributed by atoms with E-state index in [9.17, 15) is 9.59 Å². The number of hydrogen-bond acceptors (Lipinski definition) is 5. The maximum absolute atomic E-state index is 12.7. The van der Waals surface area contributed by atoms with Gasteiger partial charge in [0.15, 0.2) is 0 Å². The number of nitrogens with one attached hydrogen (secondary N) is 2. The highest BCUT2D eigenvalue weighted by Gasteiger charge is 2.17. The van der Waals surface area contributed by atoms with Gasteiger partial charge in [0.05, 0.1) is 11.4 Å². The van der Waals surface area contributed by atoms with Gasteiger partial charge in [0.2, 0.25) is 0 Å². The minimum absolute atomic E-state index is 0.260. The zero-order chi connectivity index (χ0) is 23.7. The van der Waals surface area contributed by atoms with Crippen LogP contribution in [0, 0.1) is 13.8 Å². The van der Waals surface area contributed by atoms with Gasteiger partial charge in [-0.15, -0.1) is 0 Å². The first-order chi connectivity index (χ1) is 16.5. The van der Waals surface area contributed by atoms with Crippen molar-refractivity contribution in [3.63, 3.8) is 0 Å². The molecule has 0 saturated heterocycles. The number of aryl methyl sites for hydroxylation is 2. The standard InChI is InChI=1S/C25H22N6O3/c1-16-7-6-11-30-14-19(27-23(16)30)15-34-20-9-5-8-18(13-20)24(32)28-29-25(33)22-17(2)26-21-10-3-4-12-31(21)22/h3-14H,15H2,1-2H3,(H,28,32)(H,29,33). The molecule has 1 aromatic carbocycles. The highest BCUT2D eigenvalue weighted by molar-refractivity contribution is 5.99. The molecular weight excluding hydrogens is 432 g/mol. The number of fused-ring (bicyclic) bond motifs is 2. The molecule has 0 aliphatic heterocycles. The van der Waals surface area contributed by atoms with Crippen molar-refractivity contribution in [3.8, 4) is 5.75 Å². The van der Waals surface area contributed by atoms with Gasteiger partial charge in [0, 0.05) is 24.2 Å². The van der Waals surface area contributed by atoms with Gasteiger partial charge in [-0.25, -0.2) is 9.97 Å². The van der Waals surface area contributed by atoms with Gasteiger partial charge in [0.25, 0.3) is 11.8 Å². The Kier molecular flexibility index (Phi) is 5.43. The van der Waals surface area contributed by atoms with E-state index in [2.05, 4.69) is 20.8 Å². The highest BCUT2D eigenvalue weighted by atomic mass is 16.5. The first-order valence-electron chi connectivity index (χ1n) is 10.7. The van der Waals surface area contributed by atoms with E-state index in [1.807, 2.05) is 48.0 Å². The van der Waals surface area contributed by atoms with Crippen LogP contribution >= 0.6 is 0 Å². The zero-order valence-electron chi connectivity index (χ0n) is 18.6. The molecular formula is C25H22N6O3. The quantitative estimate of drug-likeness (QED) is 0.397. The van der Waals surface area contributed by atoms with Crippen LogP contribution in [0.5, 0.6) is 5.75 Å². The van der Waals surface area contributed by atoms with E-state index in [1.165, 1.54) is 0 Å². The second-order valence-electron chi connectivity index (χ2n) is 7.85. The third-order valence-electron chi connectivity index (χ3n) is 5.42. The molecule has 170 valence electrons. The van der Waals surface area contributed by atoms with Gasteiger partial charge in [-0.2, -0.15) is 0 Å². The number of rotatable bonds is 5. The van der Waals surface area contributed by atoms with Crippen LogP contribution in [0.25, 0.3) is 11.3 Å².